The molecular weight excluding hydrogens is 454 g/mol. The molecular formula is C20H27N5O5S2. The molecule has 2 aromatic rings. The van der Waals surface area contributed by atoms with Crippen LogP contribution in [-0.4, -0.2) is 81.4 Å². The molecule has 3 heterocycles. The van der Waals surface area contributed by atoms with Gasteiger partial charge in [-0.2, -0.15) is 17.0 Å². The maximum absolute atomic E-state index is 13.2. The summed E-state index contributed by atoms with van der Waals surface area (Å²) in [4.78, 5) is 29.6. The van der Waals surface area contributed by atoms with E-state index in [0.29, 0.717) is 19.4 Å². The number of carbonyl (C=O) groups is 2. The Balaban J connectivity index is 1.62. The first kappa shape index (κ1) is 22.9. The number of hydrogen-bond acceptors (Lipinski definition) is 6. The number of hydrogen-bond donors (Lipinski definition) is 1. The van der Waals surface area contributed by atoms with E-state index < -0.39 is 34.3 Å². The molecule has 3 atom stereocenters. The number of hydrazine groups is 1. The Morgan fingerprint density at radius 2 is 2.12 bits per heavy atom. The fourth-order valence-electron chi connectivity index (χ4n) is 4.72. The largest absolute Gasteiger partial charge is 0.464 e. The monoisotopic (exact) mass is 481 g/mol. The van der Waals surface area contributed by atoms with Gasteiger partial charge in [0.2, 0.25) is 5.91 Å². The maximum Gasteiger partial charge on any atom is 0.426 e. The number of thiazole rings is 1. The molecule has 2 aliphatic rings. The summed E-state index contributed by atoms with van der Waals surface area (Å²) in [6, 6.07) is 4.37. The van der Waals surface area contributed by atoms with E-state index in [4.69, 9.17) is 0 Å². The van der Waals surface area contributed by atoms with E-state index in [1.54, 1.807) is 18.5 Å². The fourth-order valence-corrected chi connectivity index (χ4v) is 7.20. The Bertz CT molecular complexity index is 1140. The van der Waals surface area contributed by atoms with Crippen LogP contribution in [0.3, 0.4) is 0 Å². The highest BCUT2D eigenvalue weighted by Crippen LogP contribution is 2.39. The lowest BCUT2D eigenvalue weighted by Crippen LogP contribution is -2.51. The zero-order valence-electron chi connectivity index (χ0n) is 18.2. The van der Waals surface area contributed by atoms with Crippen LogP contribution in [0.15, 0.2) is 23.7 Å². The summed E-state index contributed by atoms with van der Waals surface area (Å²) < 4.78 is 29.8. The van der Waals surface area contributed by atoms with Crippen molar-refractivity contribution in [2.75, 3.05) is 20.1 Å². The molecule has 0 saturated carbocycles. The minimum atomic E-state index is -3.74. The number of aromatic nitrogens is 1. The third-order valence-electron chi connectivity index (χ3n) is 6.25. The summed E-state index contributed by atoms with van der Waals surface area (Å²) >= 11 is 1.46. The van der Waals surface area contributed by atoms with Gasteiger partial charge in [0.1, 0.15) is 0 Å². The first-order valence-corrected chi connectivity index (χ1v) is 12.8. The average molecular weight is 482 g/mol. The summed E-state index contributed by atoms with van der Waals surface area (Å²) in [7, 11) is -2.21. The van der Waals surface area contributed by atoms with Crippen molar-refractivity contribution in [2.45, 2.75) is 45.3 Å². The number of carboxylic acid groups (broad SMARTS) is 1. The zero-order chi connectivity index (χ0) is 23.2. The summed E-state index contributed by atoms with van der Waals surface area (Å²) in [5.74, 6) is -1.02. The van der Waals surface area contributed by atoms with Crippen LogP contribution in [0.4, 0.5) is 4.79 Å². The van der Waals surface area contributed by atoms with Crippen LogP contribution in [0.25, 0.3) is 10.2 Å². The third-order valence-corrected chi connectivity index (χ3v) is 9.03. The predicted molar refractivity (Wildman–Crippen MR) is 120 cm³/mol. The number of carbonyl (C=O) groups excluding carboxylic acids is 1. The highest BCUT2D eigenvalue weighted by Gasteiger charge is 2.57. The second-order valence-electron chi connectivity index (χ2n) is 8.25. The second kappa shape index (κ2) is 8.58. The van der Waals surface area contributed by atoms with E-state index in [2.05, 4.69) is 4.98 Å². The van der Waals surface area contributed by atoms with Crippen LogP contribution >= 0.6 is 11.3 Å². The molecule has 1 N–H and O–H groups in total. The predicted octanol–water partition coefficient (Wildman–Crippen LogP) is 2.20. The van der Waals surface area contributed by atoms with Gasteiger partial charge in [0.05, 0.1) is 40.3 Å². The number of fused-ring (bicyclic) bond motifs is 2. The van der Waals surface area contributed by atoms with Crippen LogP contribution in [-0.2, 0) is 21.5 Å². The van der Waals surface area contributed by atoms with Crippen molar-refractivity contribution in [3.63, 3.8) is 0 Å². The second-order valence-corrected chi connectivity index (χ2v) is 11.1. The quantitative estimate of drug-likeness (QED) is 0.648. The van der Waals surface area contributed by atoms with Crippen LogP contribution in [0.2, 0.25) is 0 Å². The molecule has 10 nitrogen and oxygen atoms in total. The smallest absolute Gasteiger partial charge is 0.426 e. The third kappa shape index (κ3) is 3.74. The Labute approximate surface area is 191 Å². The lowest BCUT2D eigenvalue weighted by Gasteiger charge is -2.34. The first-order valence-electron chi connectivity index (χ1n) is 10.6. The van der Waals surface area contributed by atoms with Crippen molar-refractivity contribution < 1.29 is 23.1 Å². The van der Waals surface area contributed by atoms with Crippen LogP contribution < -0.4 is 0 Å². The van der Waals surface area contributed by atoms with Gasteiger partial charge in [-0.15, -0.1) is 11.3 Å². The standard InChI is InChI=1S/C20H27N5O5S2/c1-4-8-22(3)32(29,30)24-9-7-16-18(24)13(2)19(26)25(16)23(20(27)28)11-14-5-6-15-17(10-14)31-12-21-15/h5-6,10,12-13,16,18H,4,7-9,11H2,1-3H3,(H,27,28)/t13-,16-,18+/m0/s1. The van der Waals surface area contributed by atoms with Crippen LogP contribution in [0.1, 0.15) is 32.3 Å². The molecule has 0 radical (unpaired) electrons. The van der Waals surface area contributed by atoms with Gasteiger partial charge >= 0.3 is 6.09 Å². The van der Waals surface area contributed by atoms with E-state index in [0.717, 1.165) is 20.8 Å². The number of amides is 2. The topological polar surface area (TPSA) is 114 Å². The Morgan fingerprint density at radius 3 is 2.81 bits per heavy atom. The van der Waals surface area contributed by atoms with E-state index in [1.807, 2.05) is 19.1 Å². The van der Waals surface area contributed by atoms with Crippen molar-refractivity contribution in [1.29, 1.82) is 0 Å². The van der Waals surface area contributed by atoms with Gasteiger partial charge in [-0.25, -0.2) is 19.8 Å². The van der Waals surface area contributed by atoms with Crippen LogP contribution in [0, 0.1) is 5.92 Å². The van der Waals surface area contributed by atoms with Crippen molar-refractivity contribution in [1.82, 2.24) is 23.6 Å². The highest BCUT2D eigenvalue weighted by molar-refractivity contribution is 7.86. The van der Waals surface area contributed by atoms with Gasteiger partial charge in [-0.3, -0.25) is 4.79 Å². The molecule has 2 amide bonds. The average Bonchev–Trinajstić information content (AvgIpc) is 3.44. The molecule has 0 aliphatic carbocycles. The van der Waals surface area contributed by atoms with Crippen LogP contribution in [0.5, 0.6) is 0 Å². The maximum atomic E-state index is 13.2. The first-order chi connectivity index (χ1) is 15.2. The summed E-state index contributed by atoms with van der Waals surface area (Å²) in [5.41, 5.74) is 3.29. The fraction of sp³-hybridized carbons (Fsp3) is 0.550. The molecule has 2 aliphatic heterocycles. The lowest BCUT2D eigenvalue weighted by atomic mass is 10.0. The molecule has 174 valence electrons. The molecule has 32 heavy (non-hydrogen) atoms. The van der Waals surface area contributed by atoms with E-state index in [9.17, 15) is 23.1 Å². The van der Waals surface area contributed by atoms with Gasteiger partial charge in [0, 0.05) is 20.1 Å². The molecule has 4 rings (SSSR count). The van der Waals surface area contributed by atoms with E-state index in [-0.39, 0.29) is 19.0 Å². The molecule has 2 fully saturated rings. The van der Waals surface area contributed by atoms with Gasteiger partial charge in [-0.1, -0.05) is 19.9 Å². The van der Waals surface area contributed by atoms with Gasteiger partial charge < -0.3 is 5.11 Å². The Kier molecular flexibility index (Phi) is 6.14. The molecule has 1 aromatic carbocycles. The minimum Gasteiger partial charge on any atom is -0.464 e. The summed E-state index contributed by atoms with van der Waals surface area (Å²) in [5, 5.41) is 12.3. The van der Waals surface area contributed by atoms with E-state index >= 15 is 0 Å². The zero-order valence-corrected chi connectivity index (χ0v) is 19.8. The number of benzene rings is 1. The van der Waals surface area contributed by atoms with Crippen molar-refractivity contribution in [2.24, 2.45) is 5.92 Å². The van der Waals surface area contributed by atoms with Gasteiger partial charge in [-0.05, 0) is 30.5 Å². The molecule has 1 aromatic heterocycles. The van der Waals surface area contributed by atoms with Gasteiger partial charge in [0.25, 0.3) is 10.2 Å². The lowest BCUT2D eigenvalue weighted by molar-refractivity contribution is -0.147. The molecule has 2 saturated heterocycles. The molecule has 0 spiro atoms. The molecule has 0 unspecified atom stereocenters. The molecule has 12 heteroatoms. The highest BCUT2D eigenvalue weighted by atomic mass is 32.2. The normalized spacial score (nSPS) is 23.9. The molecule has 0 bridgehead atoms. The van der Waals surface area contributed by atoms with E-state index in [1.165, 1.54) is 32.0 Å². The van der Waals surface area contributed by atoms with Gasteiger partial charge in [0.15, 0.2) is 0 Å². The Hall–Kier alpha value is -2.28. The van der Waals surface area contributed by atoms with Crippen molar-refractivity contribution >= 4 is 43.8 Å². The number of rotatable bonds is 7. The van der Waals surface area contributed by atoms with Crippen molar-refractivity contribution in [3.05, 3.63) is 29.3 Å². The Morgan fingerprint density at radius 1 is 1.38 bits per heavy atom. The SMILES string of the molecule is CCCN(C)S(=O)(=O)N1CC[C@H]2[C@H]1[C@H](C)C(=O)N2N(Cc1ccc2ncsc2c1)C(=O)O. The number of nitrogens with zero attached hydrogens (tertiary/aromatic N) is 5. The minimum absolute atomic E-state index is 0.00661. The summed E-state index contributed by atoms with van der Waals surface area (Å²) in [6.07, 6.45) is -0.188. The van der Waals surface area contributed by atoms with Crippen molar-refractivity contribution in [3.8, 4) is 0 Å². The summed E-state index contributed by atoms with van der Waals surface area (Å²) in [6.45, 7) is 4.20.